The molecule has 3 amide bonds. The summed E-state index contributed by atoms with van der Waals surface area (Å²) in [7, 11) is 1.45. The highest BCUT2D eigenvalue weighted by Gasteiger charge is 2.26. The molecular formula is C20H29N3O5. The number of methoxy groups -OCH3 is 1. The molecule has 1 fully saturated rings. The molecule has 8 nitrogen and oxygen atoms in total. The number of amides is 3. The number of nitrogens with zero attached hydrogens (tertiary/aromatic N) is 1. The first kappa shape index (κ1) is 21.5. The number of piperidine rings is 1. The molecule has 0 radical (unpaired) electrons. The van der Waals surface area contributed by atoms with Crippen molar-refractivity contribution in [2.24, 2.45) is 11.8 Å². The van der Waals surface area contributed by atoms with Crippen LogP contribution in [0.25, 0.3) is 0 Å². The van der Waals surface area contributed by atoms with Crippen LogP contribution >= 0.6 is 0 Å². The first-order valence-corrected chi connectivity index (χ1v) is 9.54. The fraction of sp³-hybridized carbons (Fsp3) is 0.550. The van der Waals surface area contributed by atoms with Gasteiger partial charge >= 0.3 is 12.0 Å². The molecule has 1 aromatic carbocycles. The monoisotopic (exact) mass is 391 g/mol. The summed E-state index contributed by atoms with van der Waals surface area (Å²) in [6, 6.07) is 4.40. The summed E-state index contributed by atoms with van der Waals surface area (Å²) in [4.78, 5) is 37.9. The fourth-order valence-electron chi connectivity index (χ4n) is 3.22. The van der Waals surface area contributed by atoms with Crippen LogP contribution < -0.4 is 15.4 Å². The Morgan fingerprint density at radius 2 is 2.07 bits per heavy atom. The highest BCUT2D eigenvalue weighted by Crippen LogP contribution is 2.24. The number of ether oxygens (including phenoxy) is 1. The molecule has 0 aliphatic carbocycles. The zero-order chi connectivity index (χ0) is 20.7. The summed E-state index contributed by atoms with van der Waals surface area (Å²) < 4.78 is 5.04. The van der Waals surface area contributed by atoms with Gasteiger partial charge in [0.15, 0.2) is 0 Å². The van der Waals surface area contributed by atoms with Gasteiger partial charge in [0, 0.05) is 26.1 Å². The van der Waals surface area contributed by atoms with Crippen LogP contribution in [-0.2, 0) is 4.79 Å². The number of carbonyl (C=O) groups excluding carboxylic acids is 2. The first-order valence-electron chi connectivity index (χ1n) is 9.54. The minimum Gasteiger partial charge on any atom is -0.497 e. The third-order valence-corrected chi connectivity index (χ3v) is 4.67. The van der Waals surface area contributed by atoms with Crippen molar-refractivity contribution < 1.29 is 24.2 Å². The summed E-state index contributed by atoms with van der Waals surface area (Å²) >= 11 is 0. The number of carboxylic acids is 1. The van der Waals surface area contributed by atoms with Crippen LogP contribution in [0.15, 0.2) is 18.2 Å². The van der Waals surface area contributed by atoms with Gasteiger partial charge in [-0.25, -0.2) is 9.59 Å². The lowest BCUT2D eigenvalue weighted by molar-refractivity contribution is -0.117. The molecule has 1 saturated heterocycles. The van der Waals surface area contributed by atoms with Crippen molar-refractivity contribution in [1.29, 1.82) is 0 Å². The maximum atomic E-state index is 12.4. The van der Waals surface area contributed by atoms with Crippen LogP contribution in [0.4, 0.5) is 10.5 Å². The average molecular weight is 391 g/mol. The van der Waals surface area contributed by atoms with E-state index in [9.17, 15) is 19.5 Å². The van der Waals surface area contributed by atoms with Gasteiger partial charge in [0.2, 0.25) is 5.91 Å². The third-order valence-electron chi connectivity index (χ3n) is 4.67. The molecule has 8 heteroatoms. The summed E-state index contributed by atoms with van der Waals surface area (Å²) in [6.07, 6.45) is 1.94. The standard InChI is InChI=1S/C20H29N3O5/c1-13(2)11-21-20(27)23-8-4-5-14(12-23)9-18(24)22-17-7-6-15(28-3)10-16(17)19(25)26/h6-7,10,13-14H,4-5,8-9,11-12H2,1-3H3,(H,21,27)(H,22,24)(H,25,26). The molecule has 0 bridgehead atoms. The first-order chi connectivity index (χ1) is 13.3. The van der Waals surface area contributed by atoms with Crippen molar-refractivity contribution in [2.75, 3.05) is 32.1 Å². The van der Waals surface area contributed by atoms with Gasteiger partial charge in [0.05, 0.1) is 18.4 Å². The van der Waals surface area contributed by atoms with E-state index in [1.807, 2.05) is 13.8 Å². The van der Waals surface area contributed by atoms with Gasteiger partial charge in [-0.3, -0.25) is 4.79 Å². The average Bonchev–Trinajstić information content (AvgIpc) is 2.66. The number of aromatic carboxylic acids is 1. The lowest BCUT2D eigenvalue weighted by Crippen LogP contribution is -2.46. The number of urea groups is 1. The number of carbonyl (C=O) groups is 3. The van der Waals surface area contributed by atoms with E-state index in [1.54, 1.807) is 11.0 Å². The third kappa shape index (κ3) is 6.14. The second kappa shape index (κ2) is 9.96. The minimum absolute atomic E-state index is 0.0222. The van der Waals surface area contributed by atoms with Gasteiger partial charge in [0.1, 0.15) is 5.75 Å². The molecule has 2 rings (SSSR count). The van der Waals surface area contributed by atoms with E-state index in [-0.39, 0.29) is 35.5 Å². The molecular weight excluding hydrogens is 362 g/mol. The normalized spacial score (nSPS) is 16.6. The number of rotatable bonds is 7. The van der Waals surface area contributed by atoms with Crippen molar-refractivity contribution in [3.8, 4) is 5.75 Å². The number of nitrogens with one attached hydrogen (secondary N) is 2. The van der Waals surface area contributed by atoms with E-state index in [1.165, 1.54) is 19.2 Å². The zero-order valence-electron chi connectivity index (χ0n) is 16.7. The van der Waals surface area contributed by atoms with Crippen LogP contribution in [0.1, 0.15) is 43.5 Å². The molecule has 1 aromatic rings. The fourth-order valence-corrected chi connectivity index (χ4v) is 3.22. The summed E-state index contributed by atoms with van der Waals surface area (Å²) in [5, 5.41) is 14.9. The number of anilines is 1. The molecule has 0 saturated carbocycles. The van der Waals surface area contributed by atoms with Crippen LogP contribution in [0.2, 0.25) is 0 Å². The van der Waals surface area contributed by atoms with Crippen molar-refractivity contribution >= 4 is 23.6 Å². The Morgan fingerprint density at radius 1 is 1.32 bits per heavy atom. The number of hydrogen-bond acceptors (Lipinski definition) is 4. The highest BCUT2D eigenvalue weighted by atomic mass is 16.5. The lowest BCUT2D eigenvalue weighted by Gasteiger charge is -2.32. The van der Waals surface area contributed by atoms with E-state index < -0.39 is 5.97 Å². The number of carboxylic acid groups (broad SMARTS) is 1. The molecule has 28 heavy (non-hydrogen) atoms. The molecule has 1 unspecified atom stereocenters. The predicted octanol–water partition coefficient (Wildman–Crippen LogP) is 2.80. The van der Waals surface area contributed by atoms with E-state index in [0.29, 0.717) is 31.3 Å². The van der Waals surface area contributed by atoms with Gasteiger partial charge in [-0.05, 0) is 42.9 Å². The zero-order valence-corrected chi connectivity index (χ0v) is 16.7. The van der Waals surface area contributed by atoms with Crippen LogP contribution in [-0.4, -0.2) is 54.7 Å². The van der Waals surface area contributed by atoms with Gasteiger partial charge in [-0.2, -0.15) is 0 Å². The summed E-state index contributed by atoms with van der Waals surface area (Å²) in [5.41, 5.74) is 0.215. The van der Waals surface area contributed by atoms with Gasteiger partial charge in [-0.1, -0.05) is 13.8 Å². The Bertz CT molecular complexity index is 720. The van der Waals surface area contributed by atoms with Gasteiger partial charge in [-0.15, -0.1) is 0 Å². The highest BCUT2D eigenvalue weighted by molar-refractivity contribution is 6.00. The van der Waals surface area contributed by atoms with Gasteiger partial charge < -0.3 is 25.4 Å². The van der Waals surface area contributed by atoms with Gasteiger partial charge in [0.25, 0.3) is 0 Å². The van der Waals surface area contributed by atoms with E-state index in [0.717, 1.165) is 12.8 Å². The Hall–Kier alpha value is -2.77. The predicted molar refractivity (Wildman–Crippen MR) is 106 cm³/mol. The van der Waals surface area contributed by atoms with Crippen LogP contribution in [0, 0.1) is 11.8 Å². The number of benzene rings is 1. The molecule has 0 spiro atoms. The number of likely N-dealkylation sites (tertiary alicyclic amines) is 1. The Balaban J connectivity index is 1.94. The SMILES string of the molecule is COc1ccc(NC(=O)CC2CCCN(C(=O)NCC(C)C)C2)c(C(=O)O)c1. The molecule has 1 aliphatic heterocycles. The smallest absolute Gasteiger partial charge is 0.337 e. The van der Waals surface area contributed by atoms with Crippen LogP contribution in [0.3, 0.4) is 0 Å². The molecule has 1 aliphatic rings. The molecule has 0 aromatic heterocycles. The second-order valence-electron chi connectivity index (χ2n) is 7.50. The molecule has 1 heterocycles. The van der Waals surface area contributed by atoms with E-state index >= 15 is 0 Å². The maximum absolute atomic E-state index is 12.4. The molecule has 154 valence electrons. The number of hydrogen-bond donors (Lipinski definition) is 3. The Labute approximate surface area is 165 Å². The van der Waals surface area contributed by atoms with Crippen molar-refractivity contribution in [3.63, 3.8) is 0 Å². The van der Waals surface area contributed by atoms with Crippen molar-refractivity contribution in [1.82, 2.24) is 10.2 Å². The molecule has 3 N–H and O–H groups in total. The topological polar surface area (TPSA) is 108 Å². The van der Waals surface area contributed by atoms with Crippen molar-refractivity contribution in [3.05, 3.63) is 23.8 Å². The van der Waals surface area contributed by atoms with Crippen LogP contribution in [0.5, 0.6) is 5.75 Å². The minimum atomic E-state index is -1.14. The second-order valence-corrected chi connectivity index (χ2v) is 7.50. The Morgan fingerprint density at radius 3 is 2.71 bits per heavy atom. The lowest BCUT2D eigenvalue weighted by atomic mass is 9.94. The Kier molecular flexibility index (Phi) is 7.66. The van der Waals surface area contributed by atoms with Crippen molar-refractivity contribution in [2.45, 2.75) is 33.1 Å². The van der Waals surface area contributed by atoms with E-state index in [4.69, 9.17) is 4.74 Å². The largest absolute Gasteiger partial charge is 0.497 e. The summed E-state index contributed by atoms with van der Waals surface area (Å²) in [5.74, 6) is -0.568. The molecule has 1 atom stereocenters. The summed E-state index contributed by atoms with van der Waals surface area (Å²) in [6.45, 7) is 5.90. The van der Waals surface area contributed by atoms with E-state index in [2.05, 4.69) is 10.6 Å². The quantitative estimate of drug-likeness (QED) is 0.662. The maximum Gasteiger partial charge on any atom is 0.337 e.